The van der Waals surface area contributed by atoms with Crippen LogP contribution in [0.2, 0.25) is 0 Å². The average molecular weight is 247 g/mol. The Morgan fingerprint density at radius 3 is 2.61 bits per heavy atom. The van der Waals surface area contributed by atoms with Gasteiger partial charge < -0.3 is 10.4 Å². The molecule has 3 nitrogen and oxygen atoms in total. The minimum atomic E-state index is -0.189. The lowest BCUT2D eigenvalue weighted by Gasteiger charge is -2.19. The summed E-state index contributed by atoms with van der Waals surface area (Å²) < 4.78 is 0. The fraction of sp³-hybridized carbons (Fsp3) is 0.533. The first kappa shape index (κ1) is 13.1. The van der Waals surface area contributed by atoms with Crippen LogP contribution in [0.1, 0.15) is 31.7 Å². The molecule has 3 heteroatoms. The van der Waals surface area contributed by atoms with Crippen LogP contribution in [0.15, 0.2) is 30.3 Å². The van der Waals surface area contributed by atoms with Crippen molar-refractivity contribution >= 4 is 5.91 Å². The highest BCUT2D eigenvalue weighted by atomic mass is 16.3. The van der Waals surface area contributed by atoms with E-state index in [4.69, 9.17) is 5.11 Å². The van der Waals surface area contributed by atoms with Gasteiger partial charge in [-0.1, -0.05) is 30.3 Å². The minimum Gasteiger partial charge on any atom is -0.396 e. The third-order valence-electron chi connectivity index (χ3n) is 3.66. The largest absolute Gasteiger partial charge is 0.396 e. The second kappa shape index (κ2) is 5.53. The Kier molecular flexibility index (Phi) is 4.02. The fourth-order valence-corrected chi connectivity index (χ4v) is 2.26. The van der Waals surface area contributed by atoms with Gasteiger partial charge in [-0.15, -0.1) is 0 Å². The van der Waals surface area contributed by atoms with E-state index in [1.54, 1.807) is 0 Å². The number of benzene rings is 1. The van der Waals surface area contributed by atoms with Crippen molar-refractivity contribution in [2.24, 2.45) is 5.41 Å². The Labute approximate surface area is 108 Å². The quantitative estimate of drug-likeness (QED) is 0.806. The molecule has 2 N–H and O–H groups in total. The molecule has 1 saturated carbocycles. The average Bonchev–Trinajstić information content (AvgIpc) is 3.11. The lowest BCUT2D eigenvalue weighted by atomic mass is 9.95. The molecule has 1 atom stereocenters. The zero-order valence-corrected chi connectivity index (χ0v) is 10.9. The number of amides is 1. The summed E-state index contributed by atoms with van der Waals surface area (Å²) in [4.78, 5) is 12.2. The lowest BCUT2D eigenvalue weighted by molar-refractivity contribution is -0.127. The number of rotatable bonds is 6. The van der Waals surface area contributed by atoms with E-state index in [9.17, 15) is 4.79 Å². The summed E-state index contributed by atoms with van der Waals surface area (Å²) in [5, 5.41) is 11.9. The maximum Gasteiger partial charge on any atom is 0.226 e. The SMILES string of the molecule is CC(CCO)NC(=O)C1(Cc2ccccc2)CC1. The fourth-order valence-electron chi connectivity index (χ4n) is 2.26. The van der Waals surface area contributed by atoms with Gasteiger partial charge in [0.1, 0.15) is 0 Å². The van der Waals surface area contributed by atoms with Gasteiger partial charge in [0, 0.05) is 12.6 Å². The Hall–Kier alpha value is -1.35. The molecule has 18 heavy (non-hydrogen) atoms. The summed E-state index contributed by atoms with van der Waals surface area (Å²) in [5.74, 6) is 0.146. The van der Waals surface area contributed by atoms with Gasteiger partial charge >= 0.3 is 0 Å². The summed E-state index contributed by atoms with van der Waals surface area (Å²) >= 11 is 0. The van der Waals surface area contributed by atoms with Crippen LogP contribution in [-0.2, 0) is 11.2 Å². The molecule has 2 rings (SSSR count). The van der Waals surface area contributed by atoms with Crippen LogP contribution in [0.25, 0.3) is 0 Å². The number of hydrogen-bond donors (Lipinski definition) is 2. The summed E-state index contributed by atoms with van der Waals surface area (Å²) in [7, 11) is 0. The summed E-state index contributed by atoms with van der Waals surface area (Å²) in [5.41, 5.74) is 1.03. The molecule has 1 aromatic carbocycles. The second-order valence-corrected chi connectivity index (χ2v) is 5.33. The summed E-state index contributed by atoms with van der Waals surface area (Å²) in [6.07, 6.45) is 3.39. The molecule has 0 bridgehead atoms. The molecular weight excluding hydrogens is 226 g/mol. The van der Waals surface area contributed by atoms with Crippen LogP contribution in [0, 0.1) is 5.41 Å². The van der Waals surface area contributed by atoms with Gasteiger partial charge in [0.05, 0.1) is 5.41 Å². The zero-order valence-electron chi connectivity index (χ0n) is 10.9. The molecule has 1 aromatic rings. The van der Waals surface area contributed by atoms with Crippen molar-refractivity contribution in [1.82, 2.24) is 5.32 Å². The monoisotopic (exact) mass is 247 g/mol. The van der Waals surface area contributed by atoms with Gasteiger partial charge in [-0.3, -0.25) is 4.79 Å². The molecule has 1 fully saturated rings. The first-order chi connectivity index (χ1) is 8.66. The van der Waals surface area contributed by atoms with Crippen molar-refractivity contribution in [3.05, 3.63) is 35.9 Å². The van der Waals surface area contributed by atoms with E-state index in [-0.39, 0.29) is 24.0 Å². The van der Waals surface area contributed by atoms with Gasteiger partial charge in [0.2, 0.25) is 5.91 Å². The highest BCUT2D eigenvalue weighted by Crippen LogP contribution is 2.48. The zero-order chi connectivity index (χ0) is 13.0. The van der Waals surface area contributed by atoms with E-state index in [0.29, 0.717) is 6.42 Å². The standard InChI is InChI=1S/C15H21NO2/c1-12(7-10-17)16-14(18)15(8-9-15)11-13-5-3-2-4-6-13/h2-6,12,17H,7-11H2,1H3,(H,16,18). The molecule has 1 unspecified atom stereocenters. The molecular formula is C15H21NO2. The van der Waals surface area contributed by atoms with E-state index in [0.717, 1.165) is 19.3 Å². The predicted molar refractivity (Wildman–Crippen MR) is 71.1 cm³/mol. The first-order valence-electron chi connectivity index (χ1n) is 6.62. The van der Waals surface area contributed by atoms with Crippen molar-refractivity contribution in [3.63, 3.8) is 0 Å². The van der Waals surface area contributed by atoms with Crippen LogP contribution in [0.4, 0.5) is 0 Å². The molecule has 0 aliphatic heterocycles. The molecule has 0 spiro atoms. The minimum absolute atomic E-state index is 0.0516. The maximum absolute atomic E-state index is 12.2. The third-order valence-corrected chi connectivity index (χ3v) is 3.66. The Balaban J connectivity index is 1.93. The van der Waals surface area contributed by atoms with Crippen molar-refractivity contribution in [3.8, 4) is 0 Å². The maximum atomic E-state index is 12.2. The predicted octanol–water partition coefficient (Wildman–Crippen LogP) is 1.90. The molecule has 0 saturated heterocycles. The van der Waals surface area contributed by atoms with Gasteiger partial charge in [-0.2, -0.15) is 0 Å². The van der Waals surface area contributed by atoms with Crippen molar-refractivity contribution in [2.45, 2.75) is 38.6 Å². The van der Waals surface area contributed by atoms with Crippen LogP contribution >= 0.6 is 0 Å². The number of aliphatic hydroxyl groups is 1. The van der Waals surface area contributed by atoms with Crippen molar-refractivity contribution < 1.29 is 9.90 Å². The van der Waals surface area contributed by atoms with E-state index < -0.39 is 0 Å². The van der Waals surface area contributed by atoms with E-state index >= 15 is 0 Å². The number of carbonyl (C=O) groups is 1. The second-order valence-electron chi connectivity index (χ2n) is 5.33. The molecule has 1 aliphatic carbocycles. The van der Waals surface area contributed by atoms with Gasteiger partial charge in [0.25, 0.3) is 0 Å². The Morgan fingerprint density at radius 2 is 2.06 bits per heavy atom. The Morgan fingerprint density at radius 1 is 1.39 bits per heavy atom. The molecule has 0 aromatic heterocycles. The van der Waals surface area contributed by atoms with Gasteiger partial charge in [-0.25, -0.2) is 0 Å². The molecule has 0 heterocycles. The molecule has 1 amide bonds. The van der Waals surface area contributed by atoms with Crippen LogP contribution in [-0.4, -0.2) is 23.7 Å². The third kappa shape index (κ3) is 3.10. The molecule has 0 radical (unpaired) electrons. The van der Waals surface area contributed by atoms with Gasteiger partial charge in [-0.05, 0) is 38.2 Å². The first-order valence-corrected chi connectivity index (χ1v) is 6.62. The van der Waals surface area contributed by atoms with Crippen molar-refractivity contribution in [1.29, 1.82) is 0 Å². The van der Waals surface area contributed by atoms with Gasteiger partial charge in [0.15, 0.2) is 0 Å². The summed E-state index contributed by atoms with van der Waals surface area (Å²) in [6, 6.07) is 10.2. The highest BCUT2D eigenvalue weighted by Gasteiger charge is 2.49. The molecule has 1 aliphatic rings. The van der Waals surface area contributed by atoms with Crippen LogP contribution in [0.3, 0.4) is 0 Å². The number of aliphatic hydroxyl groups excluding tert-OH is 1. The van der Waals surface area contributed by atoms with E-state index in [2.05, 4.69) is 17.4 Å². The van der Waals surface area contributed by atoms with Crippen LogP contribution in [0.5, 0.6) is 0 Å². The highest BCUT2D eigenvalue weighted by molar-refractivity contribution is 5.85. The molecule has 98 valence electrons. The van der Waals surface area contributed by atoms with Crippen LogP contribution < -0.4 is 5.32 Å². The number of hydrogen-bond acceptors (Lipinski definition) is 2. The smallest absolute Gasteiger partial charge is 0.226 e. The summed E-state index contributed by atoms with van der Waals surface area (Å²) in [6.45, 7) is 2.06. The number of carbonyl (C=O) groups excluding carboxylic acids is 1. The normalized spacial score (nSPS) is 18.1. The topological polar surface area (TPSA) is 49.3 Å². The van der Waals surface area contributed by atoms with E-state index in [1.807, 2.05) is 25.1 Å². The Bertz CT molecular complexity index is 398. The lowest BCUT2D eigenvalue weighted by Crippen LogP contribution is -2.39. The number of nitrogens with one attached hydrogen (secondary N) is 1. The van der Waals surface area contributed by atoms with Crippen molar-refractivity contribution in [2.75, 3.05) is 6.61 Å². The van der Waals surface area contributed by atoms with E-state index in [1.165, 1.54) is 5.56 Å².